The highest BCUT2D eigenvalue weighted by Gasteiger charge is 2.26. The number of carbonyl (C=O) groups is 1. The predicted octanol–water partition coefficient (Wildman–Crippen LogP) is 3.57. The van der Waals surface area contributed by atoms with Crippen LogP contribution in [0.15, 0.2) is 30.6 Å². The van der Waals surface area contributed by atoms with E-state index in [0.29, 0.717) is 42.7 Å². The molecule has 2 aliphatic rings. The third kappa shape index (κ3) is 3.39. The molecule has 154 valence electrons. The molecule has 3 aromatic heterocycles. The predicted molar refractivity (Wildman–Crippen MR) is 114 cm³/mol. The Bertz CT molecular complexity index is 1120. The summed E-state index contributed by atoms with van der Waals surface area (Å²) in [4.78, 5) is 28.6. The summed E-state index contributed by atoms with van der Waals surface area (Å²) in [5.74, 6) is 0.988. The third-order valence-corrected chi connectivity index (χ3v) is 5.91. The quantitative estimate of drug-likeness (QED) is 0.700. The summed E-state index contributed by atoms with van der Waals surface area (Å²) < 4.78 is 5.56. The number of aromatic nitrogens is 3. The maximum absolute atomic E-state index is 13.4. The number of nitrogens with two attached hydrogens (primary N) is 1. The van der Waals surface area contributed by atoms with Crippen LogP contribution in [0.4, 0.5) is 5.82 Å². The Labute approximate surface area is 175 Å². The van der Waals surface area contributed by atoms with Crippen LogP contribution in [-0.4, -0.2) is 31.8 Å². The zero-order valence-electron chi connectivity index (χ0n) is 17.3. The third-order valence-electron chi connectivity index (χ3n) is 5.91. The normalized spacial score (nSPS) is 15.6. The van der Waals surface area contributed by atoms with E-state index in [4.69, 9.17) is 10.5 Å². The van der Waals surface area contributed by atoms with Gasteiger partial charge in [-0.1, -0.05) is 6.07 Å². The highest BCUT2D eigenvalue weighted by molar-refractivity contribution is 5.97. The first-order chi connectivity index (χ1) is 14.5. The molecule has 0 unspecified atom stereocenters. The number of rotatable bonds is 5. The topological polar surface area (TPSA) is 94.2 Å². The number of pyridine rings is 3. The smallest absolute Gasteiger partial charge is 0.273 e. The maximum Gasteiger partial charge on any atom is 0.273 e. The van der Waals surface area contributed by atoms with Gasteiger partial charge in [-0.3, -0.25) is 9.78 Å². The molecule has 1 saturated carbocycles. The van der Waals surface area contributed by atoms with Gasteiger partial charge in [-0.05, 0) is 49.9 Å². The van der Waals surface area contributed by atoms with Gasteiger partial charge in [0.2, 0.25) is 0 Å². The molecule has 0 spiro atoms. The molecular weight excluding hydrogens is 378 g/mol. The monoisotopic (exact) mass is 403 g/mol. The second-order valence-electron chi connectivity index (χ2n) is 8.43. The molecule has 2 N–H and O–H groups in total. The summed E-state index contributed by atoms with van der Waals surface area (Å²) in [6, 6.07) is 6.01. The minimum absolute atomic E-state index is 0.0247. The Morgan fingerprint density at radius 1 is 1.20 bits per heavy atom. The lowest BCUT2D eigenvalue weighted by Crippen LogP contribution is -2.36. The number of hydrogen-bond acceptors (Lipinski definition) is 6. The first-order valence-electron chi connectivity index (χ1n) is 10.4. The summed E-state index contributed by atoms with van der Waals surface area (Å²) in [6.45, 7) is 5.45. The lowest BCUT2D eigenvalue weighted by molar-refractivity contribution is 0.0684. The van der Waals surface area contributed by atoms with Crippen molar-refractivity contribution in [1.29, 1.82) is 0 Å². The lowest BCUT2D eigenvalue weighted by atomic mass is 10.1. The standard InChI is InChI=1S/C23H25N5O2/c1-13(2)28(10-14-3-6-19(25-8-14)15-4-5-15)23(29)20-7-16-17-11-30-12-18(17)22(24)27-21(16)9-26-20/h3,6-9,13,15H,4-5,10-12H2,1-2H3,(H2,24,27). The number of fused-ring (bicyclic) bond motifs is 3. The van der Waals surface area contributed by atoms with Crippen LogP contribution in [0, 0.1) is 0 Å². The highest BCUT2D eigenvalue weighted by Crippen LogP contribution is 2.38. The van der Waals surface area contributed by atoms with E-state index in [1.807, 2.05) is 31.0 Å². The molecule has 3 aromatic rings. The fraction of sp³-hybridized carbons (Fsp3) is 0.391. The Morgan fingerprint density at radius 3 is 2.70 bits per heavy atom. The van der Waals surface area contributed by atoms with E-state index in [1.165, 1.54) is 12.8 Å². The van der Waals surface area contributed by atoms with Crippen LogP contribution in [0.3, 0.4) is 0 Å². The maximum atomic E-state index is 13.4. The number of nitrogen functional groups attached to an aromatic ring is 1. The van der Waals surface area contributed by atoms with E-state index in [-0.39, 0.29) is 11.9 Å². The fourth-order valence-electron chi connectivity index (χ4n) is 3.97. The van der Waals surface area contributed by atoms with Crippen molar-refractivity contribution in [2.24, 2.45) is 0 Å². The number of ether oxygens (including phenoxy) is 1. The molecule has 0 aromatic carbocycles. The molecule has 1 aliphatic heterocycles. The molecule has 7 heteroatoms. The molecule has 1 aliphatic carbocycles. The van der Waals surface area contributed by atoms with E-state index >= 15 is 0 Å². The van der Waals surface area contributed by atoms with Crippen LogP contribution >= 0.6 is 0 Å². The van der Waals surface area contributed by atoms with Gasteiger partial charge < -0.3 is 15.4 Å². The molecule has 7 nitrogen and oxygen atoms in total. The zero-order valence-corrected chi connectivity index (χ0v) is 17.3. The van der Waals surface area contributed by atoms with E-state index in [0.717, 1.165) is 27.8 Å². The van der Waals surface area contributed by atoms with Gasteiger partial charge >= 0.3 is 0 Å². The minimum atomic E-state index is -0.109. The Balaban J connectivity index is 1.44. The van der Waals surface area contributed by atoms with Crippen molar-refractivity contribution in [3.05, 3.63) is 58.7 Å². The Hall–Kier alpha value is -3.06. The van der Waals surface area contributed by atoms with Crippen molar-refractivity contribution in [2.45, 2.75) is 58.4 Å². The first kappa shape index (κ1) is 18.9. The van der Waals surface area contributed by atoms with E-state index in [1.54, 1.807) is 6.20 Å². The summed E-state index contributed by atoms with van der Waals surface area (Å²) in [5.41, 5.74) is 11.2. The summed E-state index contributed by atoms with van der Waals surface area (Å²) in [5, 5.41) is 0.884. The van der Waals surface area contributed by atoms with Crippen molar-refractivity contribution in [3.8, 4) is 0 Å². The van der Waals surface area contributed by atoms with Crippen molar-refractivity contribution < 1.29 is 9.53 Å². The summed E-state index contributed by atoms with van der Waals surface area (Å²) in [7, 11) is 0. The van der Waals surface area contributed by atoms with Gasteiger partial charge in [-0.25, -0.2) is 9.97 Å². The van der Waals surface area contributed by atoms with Crippen LogP contribution < -0.4 is 5.73 Å². The van der Waals surface area contributed by atoms with E-state index < -0.39 is 0 Å². The minimum Gasteiger partial charge on any atom is -0.383 e. The second-order valence-corrected chi connectivity index (χ2v) is 8.43. The number of anilines is 1. The molecule has 0 saturated heterocycles. The van der Waals surface area contributed by atoms with Gasteiger partial charge in [0.15, 0.2) is 0 Å². The zero-order chi connectivity index (χ0) is 20.8. The molecule has 0 radical (unpaired) electrons. The molecular formula is C23H25N5O2. The number of nitrogens with zero attached hydrogens (tertiary/aromatic N) is 4. The second kappa shape index (κ2) is 7.32. The molecule has 1 amide bonds. The molecule has 0 atom stereocenters. The van der Waals surface area contributed by atoms with Gasteiger partial charge in [-0.2, -0.15) is 0 Å². The highest BCUT2D eigenvalue weighted by atomic mass is 16.5. The average Bonchev–Trinajstić information content (AvgIpc) is 3.47. The van der Waals surface area contributed by atoms with Crippen LogP contribution in [0.5, 0.6) is 0 Å². The van der Waals surface area contributed by atoms with Gasteiger partial charge in [-0.15, -0.1) is 0 Å². The number of carbonyl (C=O) groups excluding carboxylic acids is 1. The van der Waals surface area contributed by atoms with Crippen LogP contribution in [-0.2, 0) is 24.5 Å². The number of hydrogen-bond donors (Lipinski definition) is 1. The van der Waals surface area contributed by atoms with Crippen molar-refractivity contribution in [2.75, 3.05) is 5.73 Å². The lowest BCUT2D eigenvalue weighted by Gasteiger charge is -2.26. The molecule has 0 bridgehead atoms. The van der Waals surface area contributed by atoms with Crippen LogP contribution in [0.25, 0.3) is 10.9 Å². The van der Waals surface area contributed by atoms with Crippen molar-refractivity contribution in [3.63, 3.8) is 0 Å². The van der Waals surface area contributed by atoms with Crippen molar-refractivity contribution >= 4 is 22.6 Å². The van der Waals surface area contributed by atoms with Crippen LogP contribution in [0.1, 0.15) is 65.5 Å². The first-order valence-corrected chi connectivity index (χ1v) is 10.4. The van der Waals surface area contributed by atoms with Crippen LogP contribution in [0.2, 0.25) is 0 Å². The van der Waals surface area contributed by atoms with Gasteiger partial charge in [0.1, 0.15) is 11.5 Å². The molecule has 1 fully saturated rings. The summed E-state index contributed by atoms with van der Waals surface area (Å²) in [6.07, 6.45) is 5.97. The van der Waals surface area contributed by atoms with Crippen molar-refractivity contribution in [1.82, 2.24) is 19.9 Å². The van der Waals surface area contributed by atoms with Gasteiger partial charge in [0.25, 0.3) is 5.91 Å². The van der Waals surface area contributed by atoms with Gasteiger partial charge in [0, 0.05) is 41.3 Å². The van der Waals surface area contributed by atoms with E-state index in [2.05, 4.69) is 27.1 Å². The van der Waals surface area contributed by atoms with Gasteiger partial charge in [0.05, 0.1) is 24.9 Å². The SMILES string of the molecule is CC(C)N(Cc1ccc(C2CC2)nc1)C(=O)c1cc2c3c(c(N)nc2cn1)COC3. The van der Waals surface area contributed by atoms with E-state index in [9.17, 15) is 4.79 Å². The fourth-order valence-corrected chi connectivity index (χ4v) is 3.97. The Kier molecular flexibility index (Phi) is 4.62. The molecule has 4 heterocycles. The average molecular weight is 403 g/mol. The number of amides is 1. The molecule has 30 heavy (non-hydrogen) atoms. The largest absolute Gasteiger partial charge is 0.383 e. The Morgan fingerprint density at radius 2 is 2.00 bits per heavy atom. The molecule has 5 rings (SSSR count). The summed E-state index contributed by atoms with van der Waals surface area (Å²) >= 11 is 0.